The zero-order chi connectivity index (χ0) is 18.1. The average molecular weight is 354 g/mol. The minimum Gasteiger partial charge on any atom is -0.386 e. The summed E-state index contributed by atoms with van der Waals surface area (Å²) >= 11 is 0. The first-order chi connectivity index (χ1) is 11.1. The van der Waals surface area contributed by atoms with Crippen LogP contribution in [0.4, 0.5) is 0 Å². The molecule has 1 aromatic rings. The number of carbonyl (C=O) groups excluding carboxylic acids is 1. The van der Waals surface area contributed by atoms with E-state index in [0.717, 1.165) is 5.56 Å². The first-order valence-corrected chi connectivity index (χ1v) is 8.42. The molecule has 0 bridgehead atoms. The highest BCUT2D eigenvalue weighted by molar-refractivity contribution is 7.86. The van der Waals surface area contributed by atoms with Crippen LogP contribution in [0, 0.1) is 18.8 Å². The molecule has 3 atom stereocenters. The van der Waals surface area contributed by atoms with Gasteiger partial charge in [-0.25, -0.2) is 4.18 Å². The minimum absolute atomic E-state index is 0.113. The van der Waals surface area contributed by atoms with Gasteiger partial charge in [0, 0.05) is 5.92 Å². The van der Waals surface area contributed by atoms with E-state index in [-0.39, 0.29) is 16.7 Å². The van der Waals surface area contributed by atoms with Gasteiger partial charge in [-0.2, -0.15) is 18.4 Å². The van der Waals surface area contributed by atoms with Crippen LogP contribution in [-0.2, 0) is 19.1 Å². The highest BCUT2D eigenvalue weighted by Gasteiger charge is 2.38. The Hall–Kier alpha value is -2.30. The number of carbonyl (C=O) groups is 1. The molecule has 0 fully saturated rings. The Kier molecular flexibility index (Phi) is 5.02. The summed E-state index contributed by atoms with van der Waals surface area (Å²) in [6.45, 7) is 3.20. The van der Waals surface area contributed by atoms with Gasteiger partial charge in [0.15, 0.2) is 6.29 Å². The van der Waals surface area contributed by atoms with Crippen LogP contribution in [0.5, 0.6) is 0 Å². The molecule has 24 heavy (non-hydrogen) atoms. The number of nitrogens with zero attached hydrogens (tertiary/aromatic N) is 2. The Labute approximate surface area is 139 Å². The molecule has 0 spiro atoms. The number of amidine groups is 1. The summed E-state index contributed by atoms with van der Waals surface area (Å²) in [5.41, 5.74) is 11.8. The topological polar surface area (TPSA) is 157 Å². The number of aryl methyl sites for hydroxylation is 1. The van der Waals surface area contributed by atoms with Crippen molar-refractivity contribution < 1.29 is 22.5 Å². The maximum absolute atomic E-state index is 12.2. The van der Waals surface area contributed by atoms with Gasteiger partial charge >= 0.3 is 0 Å². The summed E-state index contributed by atoms with van der Waals surface area (Å²) in [5.74, 6) is -3.29. The maximum atomic E-state index is 12.2. The van der Waals surface area contributed by atoms with E-state index < -0.39 is 34.2 Å². The lowest BCUT2D eigenvalue weighted by Gasteiger charge is -2.26. The molecule has 0 saturated heterocycles. The van der Waals surface area contributed by atoms with Crippen molar-refractivity contribution in [1.29, 1.82) is 0 Å². The van der Waals surface area contributed by atoms with Crippen molar-refractivity contribution in [1.82, 2.24) is 0 Å². The van der Waals surface area contributed by atoms with Crippen molar-refractivity contribution in [3.63, 3.8) is 0 Å². The van der Waals surface area contributed by atoms with E-state index in [9.17, 15) is 18.3 Å². The Balaban J connectivity index is 2.17. The van der Waals surface area contributed by atoms with Crippen LogP contribution in [0.3, 0.4) is 0 Å². The number of hydrogen-bond donors (Lipinski definition) is 3. The quantitative estimate of drug-likeness (QED) is 0.474. The number of aliphatic hydroxyl groups is 1. The zero-order valence-corrected chi connectivity index (χ0v) is 13.9. The van der Waals surface area contributed by atoms with Crippen LogP contribution in [0.1, 0.15) is 12.5 Å². The molecule has 1 heterocycles. The Morgan fingerprint density at radius 1 is 1.21 bits per heavy atom. The van der Waals surface area contributed by atoms with Crippen molar-refractivity contribution in [3.05, 3.63) is 29.8 Å². The zero-order valence-electron chi connectivity index (χ0n) is 13.1. The van der Waals surface area contributed by atoms with Crippen LogP contribution in [0.25, 0.3) is 0 Å². The summed E-state index contributed by atoms with van der Waals surface area (Å²) in [4.78, 5) is 18.9. The molecular formula is C14H18N4O5S. The lowest BCUT2D eigenvalue weighted by atomic mass is 9.91. The molecule has 0 aliphatic carbocycles. The van der Waals surface area contributed by atoms with E-state index in [1.807, 2.05) is 0 Å². The number of benzene rings is 1. The molecular weight excluding hydrogens is 336 g/mol. The molecule has 1 aliphatic heterocycles. The van der Waals surface area contributed by atoms with Gasteiger partial charge in [-0.15, -0.1) is 0 Å². The maximum Gasteiger partial charge on any atom is 0.299 e. The van der Waals surface area contributed by atoms with E-state index >= 15 is 0 Å². The molecule has 0 radical (unpaired) electrons. The highest BCUT2D eigenvalue weighted by Crippen LogP contribution is 2.24. The fourth-order valence-corrected chi connectivity index (χ4v) is 3.19. The monoisotopic (exact) mass is 354 g/mol. The van der Waals surface area contributed by atoms with Gasteiger partial charge in [0.05, 0.1) is 4.90 Å². The van der Waals surface area contributed by atoms with Crippen LogP contribution in [-0.4, -0.2) is 37.5 Å². The van der Waals surface area contributed by atoms with Crippen LogP contribution >= 0.6 is 0 Å². The molecule has 0 aromatic heterocycles. The molecule has 1 aromatic carbocycles. The van der Waals surface area contributed by atoms with E-state index in [1.54, 1.807) is 19.1 Å². The molecule has 1 aliphatic rings. The fraction of sp³-hybridized carbons (Fsp3) is 0.357. The molecule has 130 valence electrons. The number of aliphatic imine (C=N–C) groups is 2. The van der Waals surface area contributed by atoms with Gasteiger partial charge in [0.2, 0.25) is 5.96 Å². The van der Waals surface area contributed by atoms with E-state index in [4.69, 9.17) is 15.7 Å². The smallest absolute Gasteiger partial charge is 0.299 e. The lowest BCUT2D eigenvalue weighted by Crippen LogP contribution is -2.44. The third-order valence-electron chi connectivity index (χ3n) is 3.56. The minimum atomic E-state index is -4.21. The first kappa shape index (κ1) is 18.0. The van der Waals surface area contributed by atoms with Gasteiger partial charge in [0.1, 0.15) is 11.8 Å². The van der Waals surface area contributed by atoms with Crippen molar-refractivity contribution in [2.75, 3.05) is 0 Å². The Bertz CT molecular complexity index is 801. The molecule has 3 unspecified atom stereocenters. The Morgan fingerprint density at radius 2 is 1.79 bits per heavy atom. The van der Waals surface area contributed by atoms with E-state index in [2.05, 4.69) is 9.98 Å². The van der Waals surface area contributed by atoms with Crippen molar-refractivity contribution in [2.45, 2.75) is 25.0 Å². The first-order valence-electron chi connectivity index (χ1n) is 7.02. The third kappa shape index (κ3) is 3.78. The Morgan fingerprint density at radius 3 is 2.33 bits per heavy atom. The molecule has 9 nitrogen and oxygen atoms in total. The second kappa shape index (κ2) is 6.67. The van der Waals surface area contributed by atoms with Crippen molar-refractivity contribution in [3.8, 4) is 0 Å². The summed E-state index contributed by atoms with van der Waals surface area (Å²) < 4.78 is 29.1. The number of hydrogen-bond acceptors (Lipinski definition) is 8. The number of aliphatic hydroxyl groups excluding tert-OH is 1. The van der Waals surface area contributed by atoms with Crippen molar-refractivity contribution >= 4 is 27.8 Å². The lowest BCUT2D eigenvalue weighted by molar-refractivity contribution is -0.126. The summed E-state index contributed by atoms with van der Waals surface area (Å²) in [5, 5.41) is 10.1. The predicted molar refractivity (Wildman–Crippen MR) is 86.4 cm³/mol. The van der Waals surface area contributed by atoms with E-state index in [0.29, 0.717) is 0 Å². The fourth-order valence-electron chi connectivity index (χ4n) is 2.17. The summed E-state index contributed by atoms with van der Waals surface area (Å²) in [6, 6.07) is 5.90. The summed E-state index contributed by atoms with van der Waals surface area (Å²) in [7, 11) is -4.21. The van der Waals surface area contributed by atoms with Gasteiger partial charge in [0.25, 0.3) is 16.0 Å². The number of nitrogens with two attached hydrogens (primary N) is 2. The highest BCUT2D eigenvalue weighted by atomic mass is 32.2. The summed E-state index contributed by atoms with van der Waals surface area (Å²) in [6.07, 6.45) is -1.81. The molecule has 2 rings (SSSR count). The van der Waals surface area contributed by atoms with Crippen LogP contribution < -0.4 is 11.5 Å². The molecule has 1 amide bonds. The van der Waals surface area contributed by atoms with Gasteiger partial charge in [-0.05, 0) is 19.1 Å². The molecule has 0 saturated carbocycles. The van der Waals surface area contributed by atoms with Crippen LogP contribution in [0.15, 0.2) is 39.1 Å². The normalized spacial score (nSPS) is 21.0. The van der Waals surface area contributed by atoms with E-state index in [1.165, 1.54) is 19.1 Å². The largest absolute Gasteiger partial charge is 0.386 e. The third-order valence-corrected chi connectivity index (χ3v) is 4.86. The number of rotatable bonds is 5. The number of guanidine groups is 1. The van der Waals surface area contributed by atoms with Crippen LogP contribution in [0.2, 0.25) is 0 Å². The predicted octanol–water partition coefficient (Wildman–Crippen LogP) is -0.517. The SMILES string of the molecule is Cc1ccc(S(=O)(=O)OC(O)C(C)C2C(=O)N=C(N)N=C2N)cc1. The standard InChI is InChI=1S/C14H18N4O5S/c1-7-3-5-9(6-4-7)24(21,22)23-13(20)8(2)10-11(15)17-14(16)18-12(10)19/h3-6,8,10,13,20H,1-2H3,(H4,15,16,17,18,19). The average Bonchev–Trinajstić information content (AvgIpc) is 2.45. The molecule has 10 heteroatoms. The van der Waals surface area contributed by atoms with Gasteiger partial charge < -0.3 is 16.6 Å². The van der Waals surface area contributed by atoms with Crippen molar-refractivity contribution in [2.24, 2.45) is 33.3 Å². The van der Waals surface area contributed by atoms with Gasteiger partial charge in [-0.3, -0.25) is 4.79 Å². The number of amides is 1. The molecule has 5 N–H and O–H groups in total. The van der Waals surface area contributed by atoms with Gasteiger partial charge in [-0.1, -0.05) is 24.6 Å². The second-order valence-electron chi connectivity index (χ2n) is 5.44. The second-order valence-corrected chi connectivity index (χ2v) is 7.01.